The van der Waals surface area contributed by atoms with Crippen LogP contribution in [0.25, 0.3) is 5.57 Å². The van der Waals surface area contributed by atoms with Crippen molar-refractivity contribution in [3.63, 3.8) is 0 Å². The average Bonchev–Trinajstić information content (AvgIpc) is 2.52. The van der Waals surface area contributed by atoms with E-state index in [-0.39, 0.29) is 5.57 Å². The highest BCUT2D eigenvalue weighted by Crippen LogP contribution is 1.99. The predicted octanol–water partition coefficient (Wildman–Crippen LogP) is -0.608. The van der Waals surface area contributed by atoms with E-state index in [1.54, 1.807) is 24.3 Å². The Morgan fingerprint density at radius 1 is 1.21 bits per heavy atom. The van der Waals surface area contributed by atoms with Crippen LogP contribution in [0.4, 0.5) is 0 Å². The molecule has 14 heavy (non-hydrogen) atoms. The highest BCUT2D eigenvalue weighted by atomic mass is 16.1. The van der Waals surface area contributed by atoms with Crippen LogP contribution in [-0.2, 0) is 4.79 Å². The van der Waals surface area contributed by atoms with E-state index >= 15 is 0 Å². The Morgan fingerprint density at radius 3 is 2.64 bits per heavy atom. The Morgan fingerprint density at radius 2 is 2.00 bits per heavy atom. The summed E-state index contributed by atoms with van der Waals surface area (Å²) in [6.07, 6.45) is 0. The summed E-state index contributed by atoms with van der Waals surface area (Å²) in [6.45, 7) is 0. The quantitative estimate of drug-likeness (QED) is 0.535. The van der Waals surface area contributed by atoms with Crippen LogP contribution in [0.3, 0.4) is 0 Å². The summed E-state index contributed by atoms with van der Waals surface area (Å²) in [4.78, 5) is 14.9. The third-order valence-corrected chi connectivity index (χ3v) is 1.96. The van der Waals surface area contributed by atoms with Crippen molar-refractivity contribution in [1.29, 1.82) is 10.5 Å². The molecule has 0 spiro atoms. The molecule has 0 radical (unpaired) electrons. The lowest BCUT2D eigenvalue weighted by molar-refractivity contribution is -0.112. The van der Waals surface area contributed by atoms with Gasteiger partial charge in [0, 0.05) is 5.22 Å². The lowest BCUT2D eigenvalue weighted by Crippen LogP contribution is -2.25. The average molecular weight is 181 g/mol. The van der Waals surface area contributed by atoms with Gasteiger partial charge in [-0.2, -0.15) is 10.5 Å². The molecule has 1 amide bonds. The normalized spacial score (nSPS) is 12.7. The monoisotopic (exact) mass is 181 g/mol. The molecule has 1 heterocycles. The van der Waals surface area contributed by atoms with Crippen molar-refractivity contribution in [2.45, 2.75) is 0 Å². The third-order valence-electron chi connectivity index (χ3n) is 1.96. The number of hydrogen-bond acceptors (Lipinski definition) is 3. The van der Waals surface area contributed by atoms with Crippen molar-refractivity contribution < 1.29 is 4.79 Å². The second-order valence-corrected chi connectivity index (χ2v) is 2.72. The summed E-state index contributed by atoms with van der Waals surface area (Å²) in [5, 5.41) is 18.3. The van der Waals surface area contributed by atoms with Gasteiger partial charge in [-0.25, -0.2) is 4.99 Å². The standard InChI is InChI=1S/C10H3N3O/c11-4-6-2-1-3-8-9(6)7(5-12)10(14)13-8/h1-3H. The summed E-state index contributed by atoms with van der Waals surface area (Å²) in [7, 11) is 0. The van der Waals surface area contributed by atoms with E-state index in [1.807, 2.05) is 6.07 Å². The Hall–Kier alpha value is -2.46. The summed E-state index contributed by atoms with van der Waals surface area (Å²) >= 11 is 0. The summed E-state index contributed by atoms with van der Waals surface area (Å²) < 4.78 is 0. The number of amides is 1. The fraction of sp³-hybridized carbons (Fsp3) is 0. The van der Waals surface area contributed by atoms with Gasteiger partial charge < -0.3 is 0 Å². The molecule has 4 nitrogen and oxygen atoms in total. The Bertz CT molecular complexity index is 629. The lowest BCUT2D eigenvalue weighted by atomic mass is 10.1. The third kappa shape index (κ3) is 0.917. The van der Waals surface area contributed by atoms with Gasteiger partial charge in [0.05, 0.1) is 17.0 Å². The first-order chi connectivity index (χ1) is 6.77. The Kier molecular flexibility index (Phi) is 1.63. The van der Waals surface area contributed by atoms with Crippen LogP contribution < -0.4 is 10.6 Å². The molecule has 0 bridgehead atoms. The molecule has 0 saturated carbocycles. The van der Waals surface area contributed by atoms with E-state index in [1.165, 1.54) is 0 Å². The minimum Gasteiger partial charge on any atom is -0.266 e. The molecular weight excluding hydrogens is 178 g/mol. The number of nitriles is 2. The fourth-order valence-corrected chi connectivity index (χ4v) is 1.37. The number of hydrogen-bond donors (Lipinski definition) is 0. The van der Waals surface area contributed by atoms with Crippen molar-refractivity contribution in [3.8, 4) is 12.1 Å². The van der Waals surface area contributed by atoms with Gasteiger partial charge in [0.25, 0.3) is 5.91 Å². The second kappa shape index (κ2) is 2.79. The zero-order valence-electron chi connectivity index (χ0n) is 6.98. The van der Waals surface area contributed by atoms with Crippen molar-refractivity contribution in [3.05, 3.63) is 34.3 Å². The number of carbonyl (C=O) groups is 1. The molecule has 0 saturated heterocycles. The predicted molar refractivity (Wildman–Crippen MR) is 46.0 cm³/mol. The van der Waals surface area contributed by atoms with Gasteiger partial charge in [0.1, 0.15) is 11.6 Å². The highest BCUT2D eigenvalue weighted by molar-refractivity contribution is 6.20. The van der Waals surface area contributed by atoms with Gasteiger partial charge in [-0.15, -0.1) is 0 Å². The van der Waals surface area contributed by atoms with Crippen molar-refractivity contribution in [2.75, 3.05) is 0 Å². The van der Waals surface area contributed by atoms with E-state index in [0.717, 1.165) is 0 Å². The van der Waals surface area contributed by atoms with Gasteiger partial charge in [-0.05, 0) is 12.1 Å². The van der Waals surface area contributed by atoms with Crippen LogP contribution in [0, 0.1) is 22.7 Å². The SMILES string of the molecule is N#CC1=c2c(C#N)cccc2=NC1=O. The Labute approximate surface area is 79.0 Å². The minimum absolute atomic E-state index is 0.0443. The Balaban J connectivity index is 3.08. The summed E-state index contributed by atoms with van der Waals surface area (Å²) in [5.74, 6) is -0.565. The molecule has 0 fully saturated rings. The molecule has 1 aromatic carbocycles. The molecular formula is C10H3N3O. The number of fused-ring (bicyclic) bond motifs is 1. The maximum atomic E-state index is 11.2. The number of rotatable bonds is 0. The molecule has 0 atom stereocenters. The first kappa shape index (κ1) is 8.15. The molecule has 1 aromatic rings. The molecule has 1 aliphatic rings. The van der Waals surface area contributed by atoms with Crippen LogP contribution in [0.5, 0.6) is 0 Å². The first-order valence-electron chi connectivity index (χ1n) is 3.84. The number of carbonyl (C=O) groups excluding carboxylic acids is 1. The summed E-state index contributed by atoms with van der Waals surface area (Å²) in [5.41, 5.74) is 0.269. The van der Waals surface area contributed by atoms with Crippen molar-refractivity contribution in [1.82, 2.24) is 0 Å². The second-order valence-electron chi connectivity index (χ2n) is 2.72. The topological polar surface area (TPSA) is 77.0 Å². The van der Waals surface area contributed by atoms with Gasteiger partial charge in [0.2, 0.25) is 0 Å². The van der Waals surface area contributed by atoms with E-state index in [4.69, 9.17) is 10.5 Å². The van der Waals surface area contributed by atoms with E-state index < -0.39 is 5.91 Å². The molecule has 0 unspecified atom stereocenters. The number of nitrogens with zero attached hydrogens (tertiary/aromatic N) is 3. The molecule has 64 valence electrons. The maximum absolute atomic E-state index is 11.2. The molecule has 0 aromatic heterocycles. The maximum Gasteiger partial charge on any atom is 0.288 e. The zero-order valence-corrected chi connectivity index (χ0v) is 6.98. The van der Waals surface area contributed by atoms with Gasteiger partial charge in [-0.3, -0.25) is 4.79 Å². The van der Waals surface area contributed by atoms with Gasteiger partial charge >= 0.3 is 0 Å². The number of benzene rings is 1. The molecule has 0 aliphatic carbocycles. The molecule has 0 N–H and O–H groups in total. The van der Waals surface area contributed by atoms with E-state index in [9.17, 15) is 4.79 Å². The smallest absolute Gasteiger partial charge is 0.266 e. The largest absolute Gasteiger partial charge is 0.288 e. The van der Waals surface area contributed by atoms with Crippen LogP contribution >= 0.6 is 0 Å². The van der Waals surface area contributed by atoms with Crippen LogP contribution in [0.1, 0.15) is 5.56 Å². The fourth-order valence-electron chi connectivity index (χ4n) is 1.37. The van der Waals surface area contributed by atoms with E-state index in [0.29, 0.717) is 16.1 Å². The van der Waals surface area contributed by atoms with Crippen LogP contribution in [-0.4, -0.2) is 5.91 Å². The molecule has 1 aliphatic heterocycles. The zero-order chi connectivity index (χ0) is 10.1. The molecule has 2 rings (SSSR count). The molecule has 4 heteroatoms. The van der Waals surface area contributed by atoms with Crippen LogP contribution in [0.15, 0.2) is 23.2 Å². The highest BCUT2D eigenvalue weighted by Gasteiger charge is 2.17. The van der Waals surface area contributed by atoms with Gasteiger partial charge in [-0.1, -0.05) is 6.07 Å². The summed E-state index contributed by atoms with van der Waals surface area (Å²) in [6, 6.07) is 8.50. The van der Waals surface area contributed by atoms with Crippen molar-refractivity contribution in [2.24, 2.45) is 4.99 Å². The first-order valence-corrected chi connectivity index (χ1v) is 3.84. The van der Waals surface area contributed by atoms with Gasteiger partial charge in [0.15, 0.2) is 0 Å². The van der Waals surface area contributed by atoms with Crippen molar-refractivity contribution >= 4 is 11.5 Å². The van der Waals surface area contributed by atoms with E-state index in [2.05, 4.69) is 4.99 Å². The van der Waals surface area contributed by atoms with Crippen LogP contribution in [0.2, 0.25) is 0 Å². The lowest BCUT2D eigenvalue weighted by Gasteiger charge is -1.87. The minimum atomic E-state index is -0.565.